The molecule has 2 atom stereocenters. The quantitative estimate of drug-likeness (QED) is 0.633. The van der Waals surface area contributed by atoms with Gasteiger partial charge < -0.3 is 5.32 Å². The maximum Gasteiger partial charge on any atom is 0.0198 e. The van der Waals surface area contributed by atoms with Crippen LogP contribution >= 0.6 is 0 Å². The highest BCUT2D eigenvalue weighted by molar-refractivity contribution is 4.90. The average Bonchev–Trinajstić information content (AvgIpc) is 1.93. The lowest BCUT2D eigenvalue weighted by molar-refractivity contribution is 0.0284. The predicted octanol–water partition coefficient (Wildman–Crippen LogP) is 1.22. The summed E-state index contributed by atoms with van der Waals surface area (Å²) in [6.07, 6.45) is 4.33. The number of hydrogen-bond acceptors (Lipinski definition) is 2. The first-order chi connectivity index (χ1) is 5.79. The summed E-state index contributed by atoms with van der Waals surface area (Å²) in [5.41, 5.74) is 0. The maximum atomic E-state index is 3.48. The van der Waals surface area contributed by atoms with E-state index in [1.807, 2.05) is 0 Å². The molecule has 0 aromatic carbocycles. The number of hydrogen-bond donors (Lipinski definition) is 1. The topological polar surface area (TPSA) is 15.3 Å². The number of rotatable bonds is 1. The molecule has 2 aliphatic rings. The van der Waals surface area contributed by atoms with Crippen LogP contribution in [0.5, 0.6) is 0 Å². The summed E-state index contributed by atoms with van der Waals surface area (Å²) in [6.45, 7) is 7.06. The number of nitrogens with zero attached hydrogens (tertiary/aromatic N) is 1. The molecular formula is C10H20N2. The fraction of sp³-hybridized carbons (Fsp3) is 1.00. The molecule has 1 unspecified atom stereocenters. The third-order valence-electron chi connectivity index (χ3n) is 3.39. The van der Waals surface area contributed by atoms with Crippen LogP contribution in [0.25, 0.3) is 0 Å². The summed E-state index contributed by atoms with van der Waals surface area (Å²) in [4.78, 5) is 2.72. The summed E-state index contributed by atoms with van der Waals surface area (Å²) < 4.78 is 0. The predicted molar refractivity (Wildman–Crippen MR) is 51.3 cm³/mol. The van der Waals surface area contributed by atoms with Gasteiger partial charge in [-0.1, -0.05) is 6.42 Å². The SMILES string of the molecule is CC1CNC[C@H](C)N1C1CCC1. The Morgan fingerprint density at radius 2 is 1.67 bits per heavy atom. The Bertz CT molecular complexity index is 141. The van der Waals surface area contributed by atoms with Crippen LogP contribution in [0.4, 0.5) is 0 Å². The van der Waals surface area contributed by atoms with Crippen molar-refractivity contribution >= 4 is 0 Å². The summed E-state index contributed by atoms with van der Waals surface area (Å²) in [5, 5.41) is 3.48. The van der Waals surface area contributed by atoms with Crippen LogP contribution in [-0.4, -0.2) is 36.1 Å². The molecule has 0 aromatic heterocycles. The van der Waals surface area contributed by atoms with Gasteiger partial charge in [0.25, 0.3) is 0 Å². The Morgan fingerprint density at radius 1 is 1.08 bits per heavy atom. The minimum Gasteiger partial charge on any atom is -0.314 e. The Hall–Kier alpha value is -0.0800. The van der Waals surface area contributed by atoms with Crippen LogP contribution in [0.3, 0.4) is 0 Å². The monoisotopic (exact) mass is 168 g/mol. The first kappa shape index (κ1) is 8.52. The van der Waals surface area contributed by atoms with Crippen LogP contribution < -0.4 is 5.32 Å². The van der Waals surface area contributed by atoms with Gasteiger partial charge in [0, 0.05) is 31.2 Å². The molecule has 0 spiro atoms. The van der Waals surface area contributed by atoms with Crippen molar-refractivity contribution in [2.45, 2.75) is 51.2 Å². The van der Waals surface area contributed by atoms with Gasteiger partial charge in [0.15, 0.2) is 0 Å². The third-order valence-corrected chi connectivity index (χ3v) is 3.39. The van der Waals surface area contributed by atoms with Crippen molar-refractivity contribution in [3.05, 3.63) is 0 Å². The molecule has 2 nitrogen and oxygen atoms in total. The third kappa shape index (κ3) is 1.38. The highest BCUT2D eigenvalue weighted by Crippen LogP contribution is 2.28. The van der Waals surface area contributed by atoms with E-state index in [9.17, 15) is 0 Å². The van der Waals surface area contributed by atoms with Gasteiger partial charge in [0.1, 0.15) is 0 Å². The van der Waals surface area contributed by atoms with E-state index in [4.69, 9.17) is 0 Å². The van der Waals surface area contributed by atoms with Crippen LogP contribution in [0.2, 0.25) is 0 Å². The summed E-state index contributed by atoms with van der Waals surface area (Å²) in [5.74, 6) is 0. The minimum atomic E-state index is 0.749. The van der Waals surface area contributed by atoms with Crippen molar-refractivity contribution < 1.29 is 0 Å². The largest absolute Gasteiger partial charge is 0.314 e. The van der Waals surface area contributed by atoms with Gasteiger partial charge in [-0.05, 0) is 26.7 Å². The van der Waals surface area contributed by atoms with E-state index in [0.717, 1.165) is 18.1 Å². The van der Waals surface area contributed by atoms with Crippen LogP contribution in [0, 0.1) is 0 Å². The van der Waals surface area contributed by atoms with Crippen LogP contribution in [-0.2, 0) is 0 Å². The van der Waals surface area contributed by atoms with Gasteiger partial charge in [-0.2, -0.15) is 0 Å². The summed E-state index contributed by atoms with van der Waals surface area (Å²) in [6, 6.07) is 2.41. The lowest BCUT2D eigenvalue weighted by atomic mass is 9.88. The normalized spacial score (nSPS) is 39.5. The van der Waals surface area contributed by atoms with Crippen molar-refractivity contribution in [3.8, 4) is 0 Å². The van der Waals surface area contributed by atoms with E-state index in [1.54, 1.807) is 0 Å². The van der Waals surface area contributed by atoms with Crippen molar-refractivity contribution in [3.63, 3.8) is 0 Å². The van der Waals surface area contributed by atoms with E-state index in [-0.39, 0.29) is 0 Å². The molecule has 1 aliphatic carbocycles. The number of piperazine rings is 1. The lowest BCUT2D eigenvalue weighted by Crippen LogP contribution is -2.60. The second-order valence-corrected chi connectivity index (χ2v) is 4.39. The second kappa shape index (κ2) is 3.35. The Labute approximate surface area is 75.3 Å². The van der Waals surface area contributed by atoms with Gasteiger partial charge >= 0.3 is 0 Å². The molecule has 12 heavy (non-hydrogen) atoms. The molecule has 1 heterocycles. The zero-order valence-corrected chi connectivity index (χ0v) is 8.21. The van der Waals surface area contributed by atoms with Crippen molar-refractivity contribution in [1.29, 1.82) is 0 Å². The molecule has 1 N–H and O–H groups in total. The minimum absolute atomic E-state index is 0.749. The Morgan fingerprint density at radius 3 is 2.08 bits per heavy atom. The standard InChI is InChI=1S/C10H20N2/c1-8-6-11-7-9(2)12(8)10-4-3-5-10/h8-11H,3-7H2,1-2H3/t8-,9?/m0/s1. The smallest absolute Gasteiger partial charge is 0.0198 e. The van der Waals surface area contributed by atoms with E-state index in [2.05, 4.69) is 24.1 Å². The number of nitrogens with one attached hydrogen (secondary N) is 1. The lowest BCUT2D eigenvalue weighted by Gasteiger charge is -2.48. The van der Waals surface area contributed by atoms with Crippen LogP contribution in [0.15, 0.2) is 0 Å². The maximum absolute atomic E-state index is 3.48. The molecule has 0 aromatic rings. The molecule has 0 amide bonds. The van der Waals surface area contributed by atoms with E-state index >= 15 is 0 Å². The average molecular weight is 168 g/mol. The van der Waals surface area contributed by atoms with Crippen molar-refractivity contribution in [2.24, 2.45) is 0 Å². The molecule has 0 radical (unpaired) electrons. The zero-order valence-electron chi connectivity index (χ0n) is 8.21. The molecule has 0 bridgehead atoms. The summed E-state index contributed by atoms with van der Waals surface area (Å²) >= 11 is 0. The second-order valence-electron chi connectivity index (χ2n) is 4.39. The molecule has 1 saturated heterocycles. The molecule has 70 valence electrons. The van der Waals surface area contributed by atoms with E-state index < -0.39 is 0 Å². The Balaban J connectivity index is 1.97. The van der Waals surface area contributed by atoms with Gasteiger partial charge in [0.05, 0.1) is 0 Å². The highest BCUT2D eigenvalue weighted by atomic mass is 15.3. The fourth-order valence-corrected chi connectivity index (χ4v) is 2.55. The molecular weight excluding hydrogens is 148 g/mol. The molecule has 2 rings (SSSR count). The van der Waals surface area contributed by atoms with Crippen molar-refractivity contribution in [2.75, 3.05) is 13.1 Å². The van der Waals surface area contributed by atoms with Crippen LogP contribution in [0.1, 0.15) is 33.1 Å². The van der Waals surface area contributed by atoms with E-state index in [0.29, 0.717) is 0 Å². The fourth-order valence-electron chi connectivity index (χ4n) is 2.55. The first-order valence-electron chi connectivity index (χ1n) is 5.27. The molecule has 1 aliphatic heterocycles. The highest BCUT2D eigenvalue weighted by Gasteiger charge is 2.33. The molecule has 2 heteroatoms. The summed E-state index contributed by atoms with van der Waals surface area (Å²) in [7, 11) is 0. The zero-order chi connectivity index (χ0) is 8.55. The first-order valence-corrected chi connectivity index (χ1v) is 5.27. The Kier molecular flexibility index (Phi) is 2.37. The molecule has 2 fully saturated rings. The van der Waals surface area contributed by atoms with Gasteiger partial charge in [-0.15, -0.1) is 0 Å². The van der Waals surface area contributed by atoms with E-state index in [1.165, 1.54) is 32.4 Å². The van der Waals surface area contributed by atoms with Gasteiger partial charge in [-0.3, -0.25) is 4.90 Å². The van der Waals surface area contributed by atoms with Crippen molar-refractivity contribution in [1.82, 2.24) is 10.2 Å². The van der Waals surface area contributed by atoms with Gasteiger partial charge in [0.2, 0.25) is 0 Å². The molecule has 1 saturated carbocycles. The van der Waals surface area contributed by atoms with Gasteiger partial charge in [-0.25, -0.2) is 0 Å².